The number of amides is 1. The fourth-order valence-electron chi connectivity index (χ4n) is 4.29. The Labute approximate surface area is 116 Å². The SMILES string of the molecule is CCC1(C)NC(C)N(C2CCN3CCCCC23)C1=O. The van der Waals surface area contributed by atoms with Crippen LogP contribution in [0.5, 0.6) is 0 Å². The van der Waals surface area contributed by atoms with E-state index in [0.717, 1.165) is 12.8 Å². The molecule has 3 saturated heterocycles. The van der Waals surface area contributed by atoms with Gasteiger partial charge in [0.1, 0.15) is 0 Å². The maximum atomic E-state index is 12.8. The lowest BCUT2D eigenvalue weighted by molar-refractivity contribution is -0.135. The minimum absolute atomic E-state index is 0.185. The van der Waals surface area contributed by atoms with Gasteiger partial charge in [0.25, 0.3) is 0 Å². The molecule has 3 aliphatic rings. The molecule has 0 aromatic carbocycles. The zero-order valence-electron chi connectivity index (χ0n) is 12.5. The van der Waals surface area contributed by atoms with Crippen molar-refractivity contribution in [2.45, 2.75) is 76.7 Å². The third-order valence-corrected chi connectivity index (χ3v) is 5.54. The van der Waals surface area contributed by atoms with Gasteiger partial charge in [0.15, 0.2) is 0 Å². The molecule has 0 aromatic heterocycles. The summed E-state index contributed by atoms with van der Waals surface area (Å²) in [6, 6.07) is 1.05. The number of nitrogens with one attached hydrogen (secondary N) is 1. The van der Waals surface area contributed by atoms with E-state index in [-0.39, 0.29) is 11.7 Å². The number of fused-ring (bicyclic) bond motifs is 1. The van der Waals surface area contributed by atoms with Crippen molar-refractivity contribution in [3.05, 3.63) is 0 Å². The zero-order chi connectivity index (χ0) is 13.6. The average Bonchev–Trinajstić information content (AvgIpc) is 2.91. The fourth-order valence-corrected chi connectivity index (χ4v) is 4.29. The van der Waals surface area contributed by atoms with Gasteiger partial charge < -0.3 is 4.90 Å². The van der Waals surface area contributed by atoms with Crippen LogP contribution in [0, 0.1) is 0 Å². The maximum Gasteiger partial charge on any atom is 0.244 e. The molecule has 0 saturated carbocycles. The molecule has 3 rings (SSSR count). The Morgan fingerprint density at radius 1 is 1.26 bits per heavy atom. The van der Waals surface area contributed by atoms with Gasteiger partial charge in [0.2, 0.25) is 5.91 Å². The average molecular weight is 265 g/mol. The Bertz CT molecular complexity index is 372. The summed E-state index contributed by atoms with van der Waals surface area (Å²) in [6.07, 6.45) is 6.13. The van der Waals surface area contributed by atoms with Crippen LogP contribution >= 0.6 is 0 Å². The summed E-state index contributed by atoms with van der Waals surface area (Å²) in [5.41, 5.74) is -0.346. The van der Waals surface area contributed by atoms with Crippen molar-refractivity contribution < 1.29 is 4.79 Å². The first-order valence-electron chi connectivity index (χ1n) is 7.91. The molecule has 1 amide bonds. The van der Waals surface area contributed by atoms with E-state index in [9.17, 15) is 4.79 Å². The lowest BCUT2D eigenvalue weighted by atomic mass is 9.95. The molecule has 108 valence electrons. The van der Waals surface area contributed by atoms with E-state index in [1.165, 1.54) is 32.4 Å². The van der Waals surface area contributed by atoms with E-state index in [4.69, 9.17) is 0 Å². The second-order valence-electron chi connectivity index (χ2n) is 6.67. The van der Waals surface area contributed by atoms with Gasteiger partial charge in [-0.15, -0.1) is 0 Å². The minimum atomic E-state index is -0.346. The summed E-state index contributed by atoms with van der Waals surface area (Å²) < 4.78 is 0. The lowest BCUT2D eigenvalue weighted by Crippen LogP contribution is -2.51. The van der Waals surface area contributed by atoms with E-state index < -0.39 is 0 Å². The van der Waals surface area contributed by atoms with Crippen LogP contribution in [0.1, 0.15) is 52.9 Å². The minimum Gasteiger partial charge on any atom is -0.321 e. The second kappa shape index (κ2) is 4.74. The second-order valence-corrected chi connectivity index (χ2v) is 6.67. The van der Waals surface area contributed by atoms with Crippen LogP contribution in [0.25, 0.3) is 0 Å². The molecule has 0 radical (unpaired) electrons. The number of nitrogens with zero attached hydrogens (tertiary/aromatic N) is 2. The van der Waals surface area contributed by atoms with Crippen molar-refractivity contribution in [2.75, 3.05) is 13.1 Å². The highest BCUT2D eigenvalue weighted by Gasteiger charge is 2.51. The Morgan fingerprint density at radius 3 is 2.74 bits per heavy atom. The van der Waals surface area contributed by atoms with Crippen molar-refractivity contribution >= 4 is 5.91 Å². The Balaban J connectivity index is 1.80. The van der Waals surface area contributed by atoms with Gasteiger partial charge in [-0.3, -0.25) is 15.0 Å². The van der Waals surface area contributed by atoms with E-state index in [1.54, 1.807) is 0 Å². The molecular weight excluding hydrogens is 238 g/mol. The van der Waals surface area contributed by atoms with Gasteiger partial charge in [-0.25, -0.2) is 0 Å². The number of rotatable bonds is 2. The summed E-state index contributed by atoms with van der Waals surface area (Å²) in [5.74, 6) is 0.319. The molecule has 4 unspecified atom stereocenters. The predicted octanol–water partition coefficient (Wildman–Crippen LogP) is 1.56. The summed E-state index contributed by atoms with van der Waals surface area (Å²) in [5, 5.41) is 3.51. The molecule has 0 aliphatic carbocycles. The number of carbonyl (C=O) groups excluding carboxylic acids is 1. The highest BCUT2D eigenvalue weighted by atomic mass is 16.2. The van der Waals surface area contributed by atoms with Gasteiger partial charge in [-0.05, 0) is 46.1 Å². The van der Waals surface area contributed by atoms with Crippen LogP contribution < -0.4 is 5.32 Å². The van der Waals surface area contributed by atoms with Gasteiger partial charge in [-0.2, -0.15) is 0 Å². The van der Waals surface area contributed by atoms with Crippen LogP contribution in [-0.2, 0) is 4.79 Å². The van der Waals surface area contributed by atoms with Crippen LogP contribution in [0.2, 0.25) is 0 Å². The molecule has 4 heteroatoms. The van der Waals surface area contributed by atoms with Crippen molar-refractivity contribution in [1.29, 1.82) is 0 Å². The summed E-state index contributed by atoms with van der Waals surface area (Å²) in [4.78, 5) is 17.5. The Hall–Kier alpha value is -0.610. The molecule has 3 aliphatic heterocycles. The lowest BCUT2D eigenvalue weighted by Gasteiger charge is -2.37. The maximum absolute atomic E-state index is 12.8. The number of carbonyl (C=O) groups is 1. The van der Waals surface area contributed by atoms with Crippen LogP contribution in [0.4, 0.5) is 0 Å². The van der Waals surface area contributed by atoms with Crippen LogP contribution in [-0.4, -0.2) is 52.6 Å². The standard InChI is InChI=1S/C15H27N3O/c1-4-15(3)14(19)18(11(2)16-15)13-8-10-17-9-6-5-7-12(13)17/h11-13,16H,4-10H2,1-3H3. The molecule has 3 fully saturated rings. The molecule has 4 nitrogen and oxygen atoms in total. The predicted molar refractivity (Wildman–Crippen MR) is 75.8 cm³/mol. The van der Waals surface area contributed by atoms with E-state index >= 15 is 0 Å². The van der Waals surface area contributed by atoms with E-state index in [0.29, 0.717) is 18.0 Å². The van der Waals surface area contributed by atoms with Crippen LogP contribution in [0.15, 0.2) is 0 Å². The monoisotopic (exact) mass is 265 g/mol. The van der Waals surface area contributed by atoms with Gasteiger partial charge in [-0.1, -0.05) is 13.3 Å². The smallest absolute Gasteiger partial charge is 0.244 e. The van der Waals surface area contributed by atoms with Crippen LogP contribution in [0.3, 0.4) is 0 Å². The fraction of sp³-hybridized carbons (Fsp3) is 0.933. The van der Waals surface area contributed by atoms with Crippen molar-refractivity contribution in [3.63, 3.8) is 0 Å². The Kier molecular flexibility index (Phi) is 3.34. The molecule has 1 N–H and O–H groups in total. The van der Waals surface area contributed by atoms with Gasteiger partial charge in [0, 0.05) is 12.6 Å². The first-order chi connectivity index (χ1) is 9.07. The van der Waals surface area contributed by atoms with Crippen molar-refractivity contribution in [1.82, 2.24) is 15.1 Å². The molecule has 0 bridgehead atoms. The van der Waals surface area contributed by atoms with E-state index in [1.807, 2.05) is 0 Å². The number of hydrogen-bond donors (Lipinski definition) is 1. The van der Waals surface area contributed by atoms with Crippen molar-refractivity contribution in [2.24, 2.45) is 0 Å². The molecule has 19 heavy (non-hydrogen) atoms. The first kappa shape index (κ1) is 13.4. The molecule has 3 heterocycles. The zero-order valence-corrected chi connectivity index (χ0v) is 12.5. The van der Waals surface area contributed by atoms with Crippen molar-refractivity contribution in [3.8, 4) is 0 Å². The summed E-state index contributed by atoms with van der Waals surface area (Å²) >= 11 is 0. The van der Waals surface area contributed by atoms with E-state index in [2.05, 4.69) is 35.9 Å². The topological polar surface area (TPSA) is 35.6 Å². The first-order valence-corrected chi connectivity index (χ1v) is 7.91. The third-order valence-electron chi connectivity index (χ3n) is 5.54. The van der Waals surface area contributed by atoms with Gasteiger partial charge in [0.05, 0.1) is 17.7 Å². The largest absolute Gasteiger partial charge is 0.321 e. The normalized spacial score (nSPS) is 43.8. The third kappa shape index (κ3) is 2.00. The van der Waals surface area contributed by atoms with Gasteiger partial charge >= 0.3 is 0 Å². The highest BCUT2D eigenvalue weighted by Crippen LogP contribution is 2.35. The molecule has 4 atom stereocenters. The Morgan fingerprint density at radius 2 is 2.05 bits per heavy atom. The molecule has 0 aromatic rings. The highest BCUT2D eigenvalue weighted by molar-refractivity contribution is 5.88. The number of piperidine rings is 1. The molecule has 0 spiro atoms. The number of hydrogen-bond acceptors (Lipinski definition) is 3. The molecular formula is C15H27N3O. The summed E-state index contributed by atoms with van der Waals surface area (Å²) in [7, 11) is 0. The summed E-state index contributed by atoms with van der Waals surface area (Å²) in [6.45, 7) is 8.71. The quantitative estimate of drug-likeness (QED) is 0.823.